The van der Waals surface area contributed by atoms with Crippen LogP contribution in [0.25, 0.3) is 10.9 Å². The molecule has 2 aromatic carbocycles. The van der Waals surface area contributed by atoms with Gasteiger partial charge in [0.15, 0.2) is 0 Å². The van der Waals surface area contributed by atoms with Gasteiger partial charge in [-0.2, -0.15) is 0 Å². The lowest BCUT2D eigenvalue weighted by Crippen LogP contribution is -2.05. The number of pyridine rings is 1. The lowest BCUT2D eigenvalue weighted by atomic mass is 9.97. The standard InChI is InChI=1S/C17H13F2NO/c1-10-8-13(12-4-2-3-5-16(12)20-10)17(21)14-9-11(18)6-7-15(14)19/h2-9,17,21H,1H3. The second-order valence-corrected chi connectivity index (χ2v) is 4.94. The molecule has 1 N–H and O–H groups in total. The first kappa shape index (κ1) is 13.6. The van der Waals surface area contributed by atoms with Gasteiger partial charge in [-0.15, -0.1) is 0 Å². The topological polar surface area (TPSA) is 33.1 Å². The molecule has 0 saturated carbocycles. The van der Waals surface area contributed by atoms with Crippen LogP contribution in [0.2, 0.25) is 0 Å². The van der Waals surface area contributed by atoms with Crippen LogP contribution in [0.1, 0.15) is 22.9 Å². The number of rotatable bonds is 2. The molecule has 1 atom stereocenters. The number of halogens is 2. The van der Waals surface area contributed by atoms with Crippen LogP contribution in [0.4, 0.5) is 8.78 Å². The summed E-state index contributed by atoms with van der Waals surface area (Å²) in [7, 11) is 0. The van der Waals surface area contributed by atoms with Gasteiger partial charge in [0, 0.05) is 16.6 Å². The van der Waals surface area contributed by atoms with Crippen LogP contribution in [-0.2, 0) is 0 Å². The highest BCUT2D eigenvalue weighted by atomic mass is 19.1. The van der Waals surface area contributed by atoms with Crippen LogP contribution < -0.4 is 0 Å². The van der Waals surface area contributed by atoms with E-state index in [1.54, 1.807) is 19.1 Å². The first-order valence-corrected chi connectivity index (χ1v) is 6.55. The van der Waals surface area contributed by atoms with Gasteiger partial charge in [0.1, 0.15) is 17.7 Å². The number of benzene rings is 2. The first-order chi connectivity index (χ1) is 10.1. The van der Waals surface area contributed by atoms with Crippen LogP contribution in [0.15, 0.2) is 48.5 Å². The molecule has 0 aliphatic carbocycles. The molecule has 106 valence electrons. The third-order valence-electron chi connectivity index (χ3n) is 3.42. The van der Waals surface area contributed by atoms with Gasteiger partial charge in [0.05, 0.1) is 5.52 Å². The van der Waals surface area contributed by atoms with E-state index < -0.39 is 17.7 Å². The number of nitrogens with zero attached hydrogens (tertiary/aromatic N) is 1. The minimum absolute atomic E-state index is 0.0780. The van der Waals surface area contributed by atoms with Crippen molar-refractivity contribution in [3.63, 3.8) is 0 Å². The zero-order chi connectivity index (χ0) is 15.0. The maximum Gasteiger partial charge on any atom is 0.129 e. The van der Waals surface area contributed by atoms with Crippen LogP contribution >= 0.6 is 0 Å². The fourth-order valence-corrected chi connectivity index (χ4v) is 2.46. The molecule has 1 aromatic heterocycles. The normalized spacial score (nSPS) is 12.6. The summed E-state index contributed by atoms with van der Waals surface area (Å²) in [6, 6.07) is 12.0. The Labute approximate surface area is 120 Å². The van der Waals surface area contributed by atoms with Crippen LogP contribution in [-0.4, -0.2) is 10.1 Å². The molecule has 3 rings (SSSR count). The highest BCUT2D eigenvalue weighted by Gasteiger charge is 2.19. The number of aromatic nitrogens is 1. The van der Waals surface area contributed by atoms with Crippen molar-refractivity contribution in [3.8, 4) is 0 Å². The first-order valence-electron chi connectivity index (χ1n) is 6.55. The van der Waals surface area contributed by atoms with Gasteiger partial charge < -0.3 is 5.11 Å². The molecule has 0 fully saturated rings. The molecule has 0 amide bonds. The molecule has 0 saturated heterocycles. The molecule has 0 bridgehead atoms. The van der Waals surface area contributed by atoms with E-state index in [0.717, 1.165) is 23.6 Å². The Hall–Kier alpha value is -2.33. The number of hydrogen-bond acceptors (Lipinski definition) is 2. The largest absolute Gasteiger partial charge is 0.384 e. The number of fused-ring (bicyclic) bond motifs is 1. The summed E-state index contributed by atoms with van der Waals surface area (Å²) in [4.78, 5) is 4.37. The molecular weight excluding hydrogens is 272 g/mol. The van der Waals surface area contributed by atoms with Crippen molar-refractivity contribution in [1.29, 1.82) is 0 Å². The van der Waals surface area contributed by atoms with E-state index >= 15 is 0 Å². The van der Waals surface area contributed by atoms with Gasteiger partial charge in [0.25, 0.3) is 0 Å². The van der Waals surface area contributed by atoms with Gasteiger partial charge in [0.2, 0.25) is 0 Å². The Kier molecular flexibility index (Phi) is 3.39. The number of aryl methyl sites for hydroxylation is 1. The molecule has 1 unspecified atom stereocenters. The minimum Gasteiger partial charge on any atom is -0.384 e. The van der Waals surface area contributed by atoms with E-state index in [1.807, 2.05) is 18.2 Å². The zero-order valence-electron chi connectivity index (χ0n) is 11.3. The molecule has 0 aliphatic heterocycles. The monoisotopic (exact) mass is 285 g/mol. The van der Waals surface area contributed by atoms with Crippen molar-refractivity contribution in [3.05, 3.63) is 77.0 Å². The van der Waals surface area contributed by atoms with Gasteiger partial charge >= 0.3 is 0 Å². The zero-order valence-corrected chi connectivity index (χ0v) is 11.3. The Bertz CT molecular complexity index is 817. The van der Waals surface area contributed by atoms with E-state index in [-0.39, 0.29) is 5.56 Å². The van der Waals surface area contributed by atoms with Crippen molar-refractivity contribution in [2.24, 2.45) is 0 Å². The molecule has 0 aliphatic rings. The van der Waals surface area contributed by atoms with Crippen LogP contribution in [0.5, 0.6) is 0 Å². The average molecular weight is 285 g/mol. The number of aliphatic hydroxyl groups excluding tert-OH is 1. The summed E-state index contributed by atoms with van der Waals surface area (Å²) in [6.07, 6.45) is -1.24. The predicted octanol–water partition coefficient (Wildman–Crippen LogP) is 3.90. The molecule has 2 nitrogen and oxygen atoms in total. The van der Waals surface area contributed by atoms with E-state index in [1.165, 1.54) is 0 Å². The van der Waals surface area contributed by atoms with Crippen molar-refractivity contribution in [2.45, 2.75) is 13.0 Å². The number of para-hydroxylation sites is 1. The number of aliphatic hydroxyl groups is 1. The highest BCUT2D eigenvalue weighted by molar-refractivity contribution is 5.83. The van der Waals surface area contributed by atoms with Crippen molar-refractivity contribution in [2.75, 3.05) is 0 Å². The molecule has 1 heterocycles. The summed E-state index contributed by atoms with van der Waals surface area (Å²) < 4.78 is 27.2. The Morgan fingerprint density at radius 3 is 2.57 bits per heavy atom. The Morgan fingerprint density at radius 2 is 1.76 bits per heavy atom. The lowest BCUT2D eigenvalue weighted by Gasteiger charge is -2.15. The van der Waals surface area contributed by atoms with Crippen molar-refractivity contribution < 1.29 is 13.9 Å². The average Bonchev–Trinajstić information content (AvgIpc) is 2.48. The van der Waals surface area contributed by atoms with Gasteiger partial charge in [-0.3, -0.25) is 4.98 Å². The van der Waals surface area contributed by atoms with Gasteiger partial charge in [-0.1, -0.05) is 18.2 Å². The third kappa shape index (κ3) is 2.50. The fraction of sp³-hybridized carbons (Fsp3) is 0.118. The molecule has 3 aromatic rings. The van der Waals surface area contributed by atoms with Crippen LogP contribution in [0, 0.1) is 18.6 Å². The van der Waals surface area contributed by atoms with E-state index in [0.29, 0.717) is 16.8 Å². The summed E-state index contributed by atoms with van der Waals surface area (Å²) in [5, 5.41) is 11.2. The lowest BCUT2D eigenvalue weighted by molar-refractivity contribution is 0.215. The Balaban J connectivity index is 2.22. The minimum atomic E-state index is -1.24. The summed E-state index contributed by atoms with van der Waals surface area (Å²) in [5.41, 5.74) is 1.86. The smallest absolute Gasteiger partial charge is 0.129 e. The fourth-order valence-electron chi connectivity index (χ4n) is 2.46. The maximum atomic E-state index is 13.9. The van der Waals surface area contributed by atoms with Crippen molar-refractivity contribution >= 4 is 10.9 Å². The summed E-state index contributed by atoms with van der Waals surface area (Å²) >= 11 is 0. The maximum absolute atomic E-state index is 13.9. The van der Waals surface area contributed by atoms with Gasteiger partial charge in [-0.25, -0.2) is 8.78 Å². The Morgan fingerprint density at radius 1 is 1.00 bits per heavy atom. The van der Waals surface area contributed by atoms with Crippen LogP contribution in [0.3, 0.4) is 0 Å². The quantitative estimate of drug-likeness (QED) is 0.774. The molecular formula is C17H13F2NO. The van der Waals surface area contributed by atoms with E-state index in [2.05, 4.69) is 4.98 Å². The SMILES string of the molecule is Cc1cc(C(O)c2cc(F)ccc2F)c2ccccc2n1. The van der Waals surface area contributed by atoms with Gasteiger partial charge in [-0.05, 0) is 42.8 Å². The second-order valence-electron chi connectivity index (χ2n) is 4.94. The predicted molar refractivity (Wildman–Crippen MR) is 76.9 cm³/mol. The molecule has 0 spiro atoms. The summed E-state index contributed by atoms with van der Waals surface area (Å²) in [5.74, 6) is -1.22. The second kappa shape index (κ2) is 5.22. The third-order valence-corrected chi connectivity index (χ3v) is 3.42. The molecule has 4 heteroatoms. The molecule has 21 heavy (non-hydrogen) atoms. The van der Waals surface area contributed by atoms with E-state index in [4.69, 9.17) is 0 Å². The van der Waals surface area contributed by atoms with E-state index in [9.17, 15) is 13.9 Å². The summed E-state index contributed by atoms with van der Waals surface area (Å²) in [6.45, 7) is 1.80. The van der Waals surface area contributed by atoms with Crippen molar-refractivity contribution in [1.82, 2.24) is 4.98 Å². The number of hydrogen-bond donors (Lipinski definition) is 1. The highest BCUT2D eigenvalue weighted by Crippen LogP contribution is 2.30. The molecule has 0 radical (unpaired) electrons.